The molecule has 4 heteroatoms. The van der Waals surface area contributed by atoms with E-state index in [1.807, 2.05) is 0 Å². The zero-order valence-electron chi connectivity index (χ0n) is 11.6. The lowest BCUT2D eigenvalue weighted by Gasteiger charge is -2.44. The monoisotopic (exact) mass is 251 g/mol. The Morgan fingerprint density at radius 1 is 1.39 bits per heavy atom. The first-order chi connectivity index (χ1) is 8.68. The molecule has 2 fully saturated rings. The summed E-state index contributed by atoms with van der Waals surface area (Å²) in [5, 5.41) is 7.24. The third kappa shape index (κ3) is 2.82. The predicted molar refractivity (Wildman–Crippen MR) is 72.4 cm³/mol. The quantitative estimate of drug-likeness (QED) is 0.783. The van der Waals surface area contributed by atoms with E-state index in [9.17, 15) is 0 Å². The average molecular weight is 251 g/mol. The smallest absolute Gasteiger partial charge is 0.0867 e. The molecule has 0 spiro atoms. The average Bonchev–Trinajstić information content (AvgIpc) is 2.39. The van der Waals surface area contributed by atoms with Crippen molar-refractivity contribution in [3.05, 3.63) is 0 Å². The fourth-order valence-electron chi connectivity index (χ4n) is 3.40. The standard InChI is InChI=1S/C14H25N3O/c1-12(13-10-17(2)8-9-18-13)14(16-11-15)6-4-3-5-7-14/h12-13,15H,3-10H2,1-2H3. The van der Waals surface area contributed by atoms with E-state index < -0.39 is 0 Å². The van der Waals surface area contributed by atoms with Gasteiger partial charge in [-0.25, -0.2) is 10.4 Å². The van der Waals surface area contributed by atoms with Gasteiger partial charge in [-0.05, 0) is 19.9 Å². The lowest BCUT2D eigenvalue weighted by atomic mass is 9.71. The van der Waals surface area contributed by atoms with Gasteiger partial charge in [0.1, 0.15) is 0 Å². The van der Waals surface area contributed by atoms with Crippen molar-refractivity contribution in [3.63, 3.8) is 0 Å². The van der Waals surface area contributed by atoms with Gasteiger partial charge < -0.3 is 9.64 Å². The summed E-state index contributed by atoms with van der Waals surface area (Å²) in [7, 11) is 2.15. The second-order valence-electron chi connectivity index (χ2n) is 5.85. The summed E-state index contributed by atoms with van der Waals surface area (Å²) in [5.74, 6) is 0.374. The van der Waals surface area contributed by atoms with Crippen molar-refractivity contribution in [2.24, 2.45) is 10.9 Å². The van der Waals surface area contributed by atoms with Gasteiger partial charge in [-0.15, -0.1) is 0 Å². The maximum atomic E-state index is 7.24. The predicted octanol–water partition coefficient (Wildman–Crippen LogP) is 2.41. The summed E-state index contributed by atoms with van der Waals surface area (Å²) in [4.78, 5) is 6.76. The fourth-order valence-corrected chi connectivity index (χ4v) is 3.40. The highest BCUT2D eigenvalue weighted by atomic mass is 16.5. The molecule has 1 aliphatic carbocycles. The van der Waals surface area contributed by atoms with Gasteiger partial charge in [0.25, 0.3) is 0 Å². The Morgan fingerprint density at radius 2 is 2.11 bits per heavy atom. The van der Waals surface area contributed by atoms with Crippen molar-refractivity contribution < 1.29 is 4.74 Å². The number of aliphatic imine (C=N–C) groups is 1. The molecule has 1 saturated carbocycles. The molecule has 18 heavy (non-hydrogen) atoms. The van der Waals surface area contributed by atoms with Crippen LogP contribution in [0.25, 0.3) is 0 Å². The molecule has 0 radical (unpaired) electrons. The number of morpholine rings is 1. The van der Waals surface area contributed by atoms with Crippen molar-refractivity contribution in [2.75, 3.05) is 26.7 Å². The van der Waals surface area contributed by atoms with Crippen LogP contribution < -0.4 is 0 Å². The molecule has 2 unspecified atom stereocenters. The highest BCUT2D eigenvalue weighted by molar-refractivity contribution is 5.38. The number of rotatable bonds is 3. The molecule has 0 aromatic carbocycles. The van der Waals surface area contributed by atoms with Crippen LogP contribution in [0.15, 0.2) is 4.99 Å². The first kappa shape index (κ1) is 13.7. The second kappa shape index (κ2) is 5.96. The molecule has 0 aromatic rings. The van der Waals surface area contributed by atoms with Gasteiger partial charge in [-0.1, -0.05) is 26.2 Å². The molecule has 1 aliphatic heterocycles. The van der Waals surface area contributed by atoms with Crippen molar-refractivity contribution >= 4 is 6.01 Å². The molecule has 102 valence electrons. The maximum Gasteiger partial charge on any atom is 0.0867 e. The first-order valence-corrected chi connectivity index (χ1v) is 7.12. The zero-order chi connectivity index (χ0) is 13.0. The van der Waals surface area contributed by atoms with Crippen molar-refractivity contribution in [3.8, 4) is 0 Å². The van der Waals surface area contributed by atoms with Gasteiger partial charge >= 0.3 is 0 Å². The molecular formula is C14H25N3O. The van der Waals surface area contributed by atoms with Crippen LogP contribution in [0.3, 0.4) is 0 Å². The summed E-state index contributed by atoms with van der Waals surface area (Å²) >= 11 is 0. The van der Waals surface area contributed by atoms with E-state index in [0.29, 0.717) is 5.92 Å². The Kier molecular flexibility index (Phi) is 4.55. The molecule has 1 N–H and O–H groups in total. The zero-order valence-corrected chi connectivity index (χ0v) is 11.6. The van der Waals surface area contributed by atoms with Crippen LogP contribution >= 0.6 is 0 Å². The van der Waals surface area contributed by atoms with Gasteiger partial charge in [0, 0.05) is 19.0 Å². The van der Waals surface area contributed by atoms with E-state index in [2.05, 4.69) is 29.9 Å². The van der Waals surface area contributed by atoms with E-state index in [0.717, 1.165) is 32.5 Å². The summed E-state index contributed by atoms with van der Waals surface area (Å²) in [6, 6.07) is 2.32. The van der Waals surface area contributed by atoms with Crippen LogP contribution in [0.1, 0.15) is 39.0 Å². The number of nitrogens with zero attached hydrogens (tertiary/aromatic N) is 2. The normalized spacial score (nSPS) is 30.4. The Labute approximate surface area is 110 Å². The van der Waals surface area contributed by atoms with Crippen LogP contribution in [0.4, 0.5) is 0 Å². The van der Waals surface area contributed by atoms with Gasteiger partial charge in [0.05, 0.1) is 24.3 Å². The Morgan fingerprint density at radius 3 is 2.72 bits per heavy atom. The molecule has 0 bridgehead atoms. The van der Waals surface area contributed by atoms with E-state index in [1.54, 1.807) is 0 Å². The minimum atomic E-state index is -0.0944. The molecule has 2 rings (SSSR count). The maximum absolute atomic E-state index is 7.24. The SMILES string of the molecule is CC(C1CN(C)CCO1)C1(N=C=N)CCCCC1. The van der Waals surface area contributed by atoms with Gasteiger partial charge in [0.2, 0.25) is 0 Å². The largest absolute Gasteiger partial charge is 0.375 e. The molecule has 2 aliphatic rings. The van der Waals surface area contributed by atoms with E-state index >= 15 is 0 Å². The number of nitrogens with one attached hydrogen (secondary N) is 1. The second-order valence-corrected chi connectivity index (χ2v) is 5.85. The van der Waals surface area contributed by atoms with Crippen LogP contribution in [0.2, 0.25) is 0 Å². The number of hydrogen-bond acceptors (Lipinski definition) is 4. The molecule has 1 saturated heterocycles. The molecular weight excluding hydrogens is 226 g/mol. The number of ether oxygens (including phenoxy) is 1. The van der Waals surface area contributed by atoms with Gasteiger partial charge in [0.15, 0.2) is 0 Å². The Bertz CT molecular complexity index is 319. The van der Waals surface area contributed by atoms with Crippen LogP contribution in [0, 0.1) is 11.3 Å². The molecule has 2 atom stereocenters. The van der Waals surface area contributed by atoms with Crippen molar-refractivity contribution in [1.82, 2.24) is 4.90 Å². The van der Waals surface area contributed by atoms with Crippen LogP contribution in [0.5, 0.6) is 0 Å². The highest BCUT2D eigenvalue weighted by Crippen LogP contribution is 2.40. The molecule has 0 amide bonds. The van der Waals surface area contributed by atoms with Gasteiger partial charge in [-0.3, -0.25) is 0 Å². The highest BCUT2D eigenvalue weighted by Gasteiger charge is 2.42. The van der Waals surface area contributed by atoms with Crippen molar-refractivity contribution in [1.29, 1.82) is 5.41 Å². The summed E-state index contributed by atoms with van der Waals surface area (Å²) in [6.45, 7) is 5.06. The minimum absolute atomic E-state index is 0.0944. The Balaban J connectivity index is 2.11. The van der Waals surface area contributed by atoms with E-state index in [-0.39, 0.29) is 11.6 Å². The van der Waals surface area contributed by atoms with Crippen LogP contribution in [-0.2, 0) is 4.74 Å². The third-order valence-corrected chi connectivity index (χ3v) is 4.70. The summed E-state index contributed by atoms with van der Waals surface area (Å²) < 4.78 is 5.94. The number of likely N-dealkylation sites (N-methyl/N-ethyl adjacent to an activating group) is 1. The third-order valence-electron chi connectivity index (χ3n) is 4.70. The van der Waals surface area contributed by atoms with Gasteiger partial charge in [-0.2, -0.15) is 0 Å². The fraction of sp³-hybridized carbons (Fsp3) is 0.929. The minimum Gasteiger partial charge on any atom is -0.375 e. The van der Waals surface area contributed by atoms with E-state index in [4.69, 9.17) is 10.1 Å². The number of hydrogen-bond donors (Lipinski definition) is 1. The topological polar surface area (TPSA) is 48.7 Å². The summed E-state index contributed by atoms with van der Waals surface area (Å²) in [6.07, 6.45) is 6.16. The molecule has 1 heterocycles. The lowest BCUT2D eigenvalue weighted by Crippen LogP contribution is -2.50. The Hall–Kier alpha value is -0.700. The summed E-state index contributed by atoms with van der Waals surface area (Å²) in [5.41, 5.74) is -0.0944. The molecule has 4 nitrogen and oxygen atoms in total. The first-order valence-electron chi connectivity index (χ1n) is 7.12. The van der Waals surface area contributed by atoms with Crippen molar-refractivity contribution in [2.45, 2.75) is 50.7 Å². The lowest BCUT2D eigenvalue weighted by molar-refractivity contribution is -0.0672. The van der Waals surface area contributed by atoms with Crippen LogP contribution in [-0.4, -0.2) is 49.3 Å². The molecule has 0 aromatic heterocycles. The van der Waals surface area contributed by atoms with E-state index in [1.165, 1.54) is 19.3 Å².